The average Bonchev–Trinajstić information content (AvgIpc) is 3.28. The van der Waals surface area contributed by atoms with Crippen LogP contribution in [0.25, 0.3) is 0 Å². The summed E-state index contributed by atoms with van der Waals surface area (Å²) in [7, 11) is 7.50. The molecule has 0 aromatic heterocycles. The molecule has 1 atom stereocenters. The Hall–Kier alpha value is -2.80. The van der Waals surface area contributed by atoms with Crippen molar-refractivity contribution in [2.75, 3.05) is 34.9 Å². The lowest BCUT2D eigenvalue weighted by Gasteiger charge is -2.40. The quantitative estimate of drug-likeness (QED) is 0.537. The zero-order valence-electron chi connectivity index (χ0n) is 22.9. The fourth-order valence-corrected chi connectivity index (χ4v) is 6.67. The number of rotatable bonds is 6. The minimum atomic E-state index is -0.436. The van der Waals surface area contributed by atoms with E-state index in [1.807, 2.05) is 25.1 Å². The second-order valence-electron chi connectivity index (χ2n) is 11.3. The third-order valence-electron chi connectivity index (χ3n) is 8.96. The maximum Gasteiger partial charge on any atom is 0.254 e. The number of hydrogen-bond donors (Lipinski definition) is 0. The van der Waals surface area contributed by atoms with Gasteiger partial charge in [-0.1, -0.05) is 0 Å². The summed E-state index contributed by atoms with van der Waals surface area (Å²) in [6, 6.07) is 6.19. The lowest BCUT2D eigenvalue weighted by atomic mass is 9.74. The summed E-state index contributed by atoms with van der Waals surface area (Å²) >= 11 is 0. The average molecular weight is 511 g/mol. The number of hydrogen-bond acceptors (Lipinski definition) is 5. The summed E-state index contributed by atoms with van der Waals surface area (Å²) in [5.41, 5.74) is 2.89. The van der Waals surface area contributed by atoms with Gasteiger partial charge >= 0.3 is 0 Å². The van der Waals surface area contributed by atoms with Crippen LogP contribution in [0.4, 0.5) is 4.39 Å². The Labute approximate surface area is 219 Å². The highest BCUT2D eigenvalue weighted by Gasteiger charge is 2.47. The molecule has 2 aliphatic heterocycles. The molecule has 2 aromatic carbocycles. The molecule has 1 amide bonds. The third-order valence-corrected chi connectivity index (χ3v) is 8.96. The molecule has 6 nitrogen and oxygen atoms in total. The molecule has 1 unspecified atom stereocenters. The maximum atomic E-state index is 16.0. The van der Waals surface area contributed by atoms with Gasteiger partial charge in [0.1, 0.15) is 28.7 Å². The first-order valence-electron chi connectivity index (χ1n) is 13.4. The van der Waals surface area contributed by atoms with Crippen molar-refractivity contribution in [2.45, 2.75) is 70.6 Å². The van der Waals surface area contributed by atoms with E-state index >= 15 is 4.39 Å². The second-order valence-corrected chi connectivity index (χ2v) is 11.3. The van der Waals surface area contributed by atoms with Gasteiger partial charge in [0.15, 0.2) is 0 Å². The highest BCUT2D eigenvalue weighted by molar-refractivity contribution is 5.99. The van der Waals surface area contributed by atoms with Crippen molar-refractivity contribution in [1.82, 2.24) is 9.80 Å². The van der Waals surface area contributed by atoms with Crippen LogP contribution in [0.5, 0.6) is 17.2 Å². The zero-order chi connectivity index (χ0) is 26.5. The molecule has 0 N–H and O–H groups in total. The van der Waals surface area contributed by atoms with Crippen LogP contribution < -0.4 is 14.2 Å². The molecule has 200 valence electrons. The molecule has 37 heavy (non-hydrogen) atoms. The first-order valence-corrected chi connectivity index (χ1v) is 13.4. The molecule has 5 rings (SSSR count). The molecule has 0 radical (unpaired) electrons. The largest absolute Gasteiger partial charge is 0.497 e. The number of ether oxygens (including phenoxy) is 3. The number of methoxy groups -OCH3 is 2. The monoisotopic (exact) mass is 510 g/mol. The van der Waals surface area contributed by atoms with Crippen molar-refractivity contribution < 1.29 is 23.4 Å². The molecule has 0 spiro atoms. The van der Waals surface area contributed by atoms with Crippen LogP contribution in [-0.4, -0.2) is 62.2 Å². The predicted octanol–water partition coefficient (Wildman–Crippen LogP) is 5.16. The van der Waals surface area contributed by atoms with Crippen LogP contribution in [0.2, 0.25) is 0 Å². The Bertz CT molecular complexity index is 1200. The molecule has 2 aromatic rings. The van der Waals surface area contributed by atoms with Crippen molar-refractivity contribution in [1.29, 1.82) is 0 Å². The second kappa shape index (κ2) is 9.82. The van der Waals surface area contributed by atoms with Crippen molar-refractivity contribution >= 4 is 5.91 Å². The van der Waals surface area contributed by atoms with Gasteiger partial charge in [-0.15, -0.1) is 0 Å². The SMILES string of the molecule is COc1ccc(CN2CCc3c(F)c4c(c(C)c3C2=O)OC(C)(C2CCC(N(C)C)CC2)C4)c(OC)c1. The summed E-state index contributed by atoms with van der Waals surface area (Å²) < 4.78 is 33.4. The van der Waals surface area contributed by atoms with Crippen LogP contribution in [0.3, 0.4) is 0 Å². The van der Waals surface area contributed by atoms with Crippen LogP contribution in [0.1, 0.15) is 65.2 Å². The van der Waals surface area contributed by atoms with E-state index in [-0.39, 0.29) is 11.7 Å². The van der Waals surface area contributed by atoms with Gasteiger partial charge in [0.05, 0.1) is 19.8 Å². The molecule has 1 saturated carbocycles. The molecule has 0 saturated heterocycles. The van der Waals surface area contributed by atoms with Crippen LogP contribution in [-0.2, 0) is 19.4 Å². The van der Waals surface area contributed by atoms with Gasteiger partial charge in [0.25, 0.3) is 5.91 Å². The molecular weight excluding hydrogens is 471 g/mol. The number of fused-ring (bicyclic) bond motifs is 2. The minimum absolute atomic E-state index is 0.151. The Morgan fingerprint density at radius 1 is 1.14 bits per heavy atom. The van der Waals surface area contributed by atoms with Crippen molar-refractivity contribution in [3.05, 3.63) is 51.8 Å². The predicted molar refractivity (Wildman–Crippen MR) is 141 cm³/mol. The minimum Gasteiger partial charge on any atom is -0.497 e. The number of nitrogens with zero attached hydrogens (tertiary/aromatic N) is 2. The molecule has 7 heteroatoms. The summed E-state index contributed by atoms with van der Waals surface area (Å²) in [4.78, 5) is 17.8. The van der Waals surface area contributed by atoms with E-state index in [4.69, 9.17) is 14.2 Å². The number of amides is 1. The van der Waals surface area contributed by atoms with Crippen LogP contribution >= 0.6 is 0 Å². The van der Waals surface area contributed by atoms with E-state index in [1.54, 1.807) is 19.1 Å². The van der Waals surface area contributed by atoms with Gasteiger partial charge < -0.3 is 24.0 Å². The fraction of sp³-hybridized carbons (Fsp3) is 0.567. The summed E-state index contributed by atoms with van der Waals surface area (Å²) in [6.07, 6.45) is 5.47. The Morgan fingerprint density at radius 3 is 2.51 bits per heavy atom. The van der Waals surface area contributed by atoms with Crippen molar-refractivity contribution in [2.24, 2.45) is 5.92 Å². The smallest absolute Gasteiger partial charge is 0.254 e. The van der Waals surface area contributed by atoms with Gasteiger partial charge in [-0.2, -0.15) is 0 Å². The standard InChI is InChI=1S/C30H39FN2O4/c1-18-26-23(13-14-33(29(26)34)17-19-7-12-22(35-5)15-25(19)36-6)27(31)24-16-30(2,37-28(18)24)20-8-10-21(11-9-20)32(3)4/h7,12,15,20-21H,8-11,13-14,16-17H2,1-6H3. The van der Waals surface area contributed by atoms with E-state index in [0.717, 1.165) is 36.8 Å². The highest BCUT2D eigenvalue weighted by Crippen LogP contribution is 2.49. The molecule has 0 bridgehead atoms. The number of carbonyl (C=O) groups excluding carboxylic acids is 1. The lowest BCUT2D eigenvalue weighted by Crippen LogP contribution is -2.44. The molecule has 2 heterocycles. The summed E-state index contributed by atoms with van der Waals surface area (Å²) in [5.74, 6) is 1.93. The van der Waals surface area contributed by atoms with Gasteiger partial charge in [-0.3, -0.25) is 4.79 Å². The van der Waals surface area contributed by atoms with Gasteiger partial charge in [-0.25, -0.2) is 4.39 Å². The Morgan fingerprint density at radius 2 is 1.86 bits per heavy atom. The van der Waals surface area contributed by atoms with E-state index in [2.05, 4.69) is 25.9 Å². The number of halogens is 1. The number of carbonyl (C=O) groups is 1. The first-order chi connectivity index (χ1) is 17.7. The topological polar surface area (TPSA) is 51.2 Å². The van der Waals surface area contributed by atoms with Gasteiger partial charge in [-0.05, 0) is 78.1 Å². The normalized spacial score (nSPS) is 25.1. The first kappa shape index (κ1) is 25.8. The molecular formula is C30H39FN2O4. The van der Waals surface area contributed by atoms with Gasteiger partial charge in [0, 0.05) is 53.9 Å². The van der Waals surface area contributed by atoms with E-state index in [0.29, 0.717) is 71.8 Å². The van der Waals surface area contributed by atoms with Crippen LogP contribution in [0, 0.1) is 18.7 Å². The van der Waals surface area contributed by atoms with E-state index in [1.165, 1.54) is 0 Å². The molecule has 1 fully saturated rings. The summed E-state index contributed by atoms with van der Waals surface area (Å²) in [5, 5.41) is 0. The lowest BCUT2D eigenvalue weighted by molar-refractivity contribution is 0.0157. The molecule has 1 aliphatic carbocycles. The number of benzene rings is 2. The Kier molecular flexibility index (Phi) is 6.86. The van der Waals surface area contributed by atoms with Crippen LogP contribution in [0.15, 0.2) is 18.2 Å². The van der Waals surface area contributed by atoms with Gasteiger partial charge in [0.2, 0.25) is 0 Å². The fourth-order valence-electron chi connectivity index (χ4n) is 6.67. The third kappa shape index (κ3) is 4.45. The summed E-state index contributed by atoms with van der Waals surface area (Å²) in [6.45, 7) is 4.90. The zero-order valence-corrected chi connectivity index (χ0v) is 22.9. The maximum absolute atomic E-state index is 16.0. The van der Waals surface area contributed by atoms with Crippen molar-refractivity contribution in [3.63, 3.8) is 0 Å². The van der Waals surface area contributed by atoms with Crippen molar-refractivity contribution in [3.8, 4) is 17.2 Å². The highest BCUT2D eigenvalue weighted by atomic mass is 19.1. The van der Waals surface area contributed by atoms with E-state index < -0.39 is 5.60 Å². The Balaban J connectivity index is 1.40. The molecule has 3 aliphatic rings. The van der Waals surface area contributed by atoms with E-state index in [9.17, 15) is 4.79 Å².